The van der Waals surface area contributed by atoms with Gasteiger partial charge in [0.2, 0.25) is 0 Å². The summed E-state index contributed by atoms with van der Waals surface area (Å²) in [5.74, 6) is 0.829. The number of hydrogen-bond acceptors (Lipinski definition) is 2. The van der Waals surface area contributed by atoms with E-state index in [0.717, 1.165) is 28.0 Å². The van der Waals surface area contributed by atoms with Gasteiger partial charge in [-0.15, -0.1) is 5.10 Å². The molecule has 1 aromatic heterocycles. The molecule has 15 heavy (non-hydrogen) atoms. The molecular formula is C11H12BrN3. The van der Waals surface area contributed by atoms with Crippen LogP contribution in [0.15, 0.2) is 16.6 Å². The maximum atomic E-state index is 4.23. The van der Waals surface area contributed by atoms with Crippen LogP contribution in [0, 0.1) is 12.8 Å². The van der Waals surface area contributed by atoms with E-state index in [1.165, 1.54) is 18.4 Å². The number of aromatic nitrogens is 3. The van der Waals surface area contributed by atoms with Crippen molar-refractivity contribution in [3.63, 3.8) is 0 Å². The lowest BCUT2D eigenvalue weighted by molar-refractivity contribution is 0.559. The highest BCUT2D eigenvalue weighted by atomic mass is 79.9. The Hall–Kier alpha value is -0.900. The minimum absolute atomic E-state index is 0.829. The Labute approximate surface area is 96.6 Å². The fourth-order valence-corrected chi connectivity index (χ4v) is 2.20. The summed E-state index contributed by atoms with van der Waals surface area (Å²) >= 11 is 3.56. The van der Waals surface area contributed by atoms with Gasteiger partial charge >= 0.3 is 0 Å². The summed E-state index contributed by atoms with van der Waals surface area (Å²) in [6.45, 7) is 3.09. The van der Waals surface area contributed by atoms with Crippen LogP contribution < -0.4 is 0 Å². The average molecular weight is 266 g/mol. The van der Waals surface area contributed by atoms with Gasteiger partial charge in [-0.25, -0.2) is 4.68 Å². The van der Waals surface area contributed by atoms with Crippen molar-refractivity contribution in [1.29, 1.82) is 0 Å². The summed E-state index contributed by atoms with van der Waals surface area (Å²) in [6.07, 6.45) is 2.68. The lowest BCUT2D eigenvalue weighted by Crippen LogP contribution is -2.01. The highest BCUT2D eigenvalue weighted by Crippen LogP contribution is 2.32. The molecule has 3 rings (SSSR count). The number of benzene rings is 1. The van der Waals surface area contributed by atoms with Crippen LogP contribution in [0.2, 0.25) is 0 Å². The molecule has 0 spiro atoms. The van der Waals surface area contributed by atoms with E-state index in [1.807, 2.05) is 4.68 Å². The zero-order valence-corrected chi connectivity index (χ0v) is 10.2. The van der Waals surface area contributed by atoms with Crippen LogP contribution in [0.5, 0.6) is 0 Å². The maximum Gasteiger partial charge on any atom is 0.127 e. The molecule has 0 saturated heterocycles. The third-order valence-corrected chi connectivity index (χ3v) is 3.95. The quantitative estimate of drug-likeness (QED) is 0.836. The summed E-state index contributed by atoms with van der Waals surface area (Å²) in [5, 5.41) is 8.44. The molecule has 0 amide bonds. The molecule has 1 aromatic carbocycles. The molecule has 78 valence electrons. The Kier molecular flexibility index (Phi) is 2.06. The molecule has 1 heterocycles. The molecule has 1 saturated carbocycles. The first-order valence-corrected chi connectivity index (χ1v) is 6.03. The molecule has 0 bridgehead atoms. The normalized spacial score (nSPS) is 16.1. The second-order valence-corrected chi connectivity index (χ2v) is 5.07. The zero-order valence-electron chi connectivity index (χ0n) is 8.57. The molecular weight excluding hydrogens is 254 g/mol. The van der Waals surface area contributed by atoms with E-state index in [-0.39, 0.29) is 0 Å². The molecule has 0 unspecified atom stereocenters. The number of nitrogens with zero attached hydrogens (tertiary/aromatic N) is 3. The van der Waals surface area contributed by atoms with Gasteiger partial charge in [0.05, 0.1) is 9.99 Å². The second-order valence-electron chi connectivity index (χ2n) is 4.28. The van der Waals surface area contributed by atoms with Crippen molar-refractivity contribution in [3.05, 3.63) is 22.2 Å². The summed E-state index contributed by atoms with van der Waals surface area (Å²) in [5.41, 5.74) is 3.33. The summed E-state index contributed by atoms with van der Waals surface area (Å²) in [4.78, 5) is 0. The first-order valence-electron chi connectivity index (χ1n) is 5.24. The zero-order chi connectivity index (χ0) is 10.4. The van der Waals surface area contributed by atoms with Crippen LogP contribution in [0.3, 0.4) is 0 Å². The molecule has 0 radical (unpaired) electrons. The Bertz CT molecular complexity index is 514. The molecule has 0 atom stereocenters. The van der Waals surface area contributed by atoms with Gasteiger partial charge in [0, 0.05) is 6.54 Å². The van der Waals surface area contributed by atoms with Crippen molar-refractivity contribution in [3.8, 4) is 0 Å². The Balaban J connectivity index is 2.12. The third-order valence-electron chi connectivity index (χ3n) is 2.95. The van der Waals surface area contributed by atoms with Gasteiger partial charge in [-0.2, -0.15) is 0 Å². The molecule has 2 aromatic rings. The Morgan fingerprint density at radius 3 is 3.00 bits per heavy atom. The molecule has 1 aliphatic rings. The van der Waals surface area contributed by atoms with Crippen LogP contribution in [0.25, 0.3) is 11.0 Å². The van der Waals surface area contributed by atoms with Crippen LogP contribution >= 0.6 is 15.9 Å². The number of aryl methyl sites for hydroxylation is 1. The molecule has 1 fully saturated rings. The van der Waals surface area contributed by atoms with Gasteiger partial charge in [-0.1, -0.05) is 11.3 Å². The first-order chi connectivity index (χ1) is 7.25. The van der Waals surface area contributed by atoms with Gasteiger partial charge in [0.1, 0.15) is 5.52 Å². The van der Waals surface area contributed by atoms with Crippen molar-refractivity contribution in [1.82, 2.24) is 15.0 Å². The molecule has 3 nitrogen and oxygen atoms in total. The van der Waals surface area contributed by atoms with Crippen molar-refractivity contribution < 1.29 is 0 Å². The lowest BCUT2D eigenvalue weighted by atomic mass is 10.2. The smallest absolute Gasteiger partial charge is 0.127 e. The van der Waals surface area contributed by atoms with Crippen molar-refractivity contribution >= 4 is 27.0 Å². The van der Waals surface area contributed by atoms with Gasteiger partial charge in [0.25, 0.3) is 0 Å². The van der Waals surface area contributed by atoms with Crippen LogP contribution in [0.1, 0.15) is 18.4 Å². The van der Waals surface area contributed by atoms with E-state index >= 15 is 0 Å². The van der Waals surface area contributed by atoms with E-state index in [0.29, 0.717) is 0 Å². The average Bonchev–Trinajstić information content (AvgIpc) is 2.93. The highest BCUT2D eigenvalue weighted by Gasteiger charge is 2.23. The van der Waals surface area contributed by atoms with Crippen molar-refractivity contribution in [2.24, 2.45) is 5.92 Å². The van der Waals surface area contributed by atoms with E-state index in [4.69, 9.17) is 0 Å². The fraction of sp³-hybridized carbons (Fsp3) is 0.455. The van der Waals surface area contributed by atoms with Gasteiger partial charge in [-0.3, -0.25) is 0 Å². The number of fused-ring (bicyclic) bond motifs is 1. The van der Waals surface area contributed by atoms with Crippen molar-refractivity contribution in [2.75, 3.05) is 0 Å². The minimum atomic E-state index is 0.829. The van der Waals surface area contributed by atoms with Crippen molar-refractivity contribution in [2.45, 2.75) is 26.3 Å². The van der Waals surface area contributed by atoms with Gasteiger partial charge in [0.15, 0.2) is 0 Å². The van der Waals surface area contributed by atoms with E-state index in [2.05, 4.69) is 45.3 Å². The molecule has 0 aliphatic heterocycles. The topological polar surface area (TPSA) is 30.7 Å². The standard InChI is InChI=1S/C11H12BrN3/c1-7-2-5-9-11(10(7)12)13-14-15(9)6-8-3-4-8/h2,5,8H,3-4,6H2,1H3. The number of rotatable bonds is 2. The van der Waals surface area contributed by atoms with E-state index < -0.39 is 0 Å². The van der Waals surface area contributed by atoms with E-state index in [9.17, 15) is 0 Å². The summed E-state index contributed by atoms with van der Waals surface area (Å²) in [7, 11) is 0. The number of hydrogen-bond donors (Lipinski definition) is 0. The lowest BCUT2D eigenvalue weighted by Gasteiger charge is -2.01. The van der Waals surface area contributed by atoms with E-state index in [1.54, 1.807) is 0 Å². The third kappa shape index (κ3) is 1.57. The minimum Gasteiger partial charge on any atom is -0.244 e. The van der Waals surface area contributed by atoms with Crippen LogP contribution in [0.4, 0.5) is 0 Å². The monoisotopic (exact) mass is 265 g/mol. The van der Waals surface area contributed by atoms with Gasteiger partial charge < -0.3 is 0 Å². The Morgan fingerprint density at radius 2 is 2.27 bits per heavy atom. The number of halogens is 1. The molecule has 1 aliphatic carbocycles. The fourth-order valence-electron chi connectivity index (χ4n) is 1.79. The maximum absolute atomic E-state index is 4.23. The molecule has 4 heteroatoms. The molecule has 0 N–H and O–H groups in total. The van der Waals surface area contributed by atoms with Crippen LogP contribution in [-0.2, 0) is 6.54 Å². The largest absolute Gasteiger partial charge is 0.244 e. The van der Waals surface area contributed by atoms with Gasteiger partial charge in [-0.05, 0) is 53.2 Å². The predicted molar refractivity (Wildman–Crippen MR) is 62.7 cm³/mol. The summed E-state index contributed by atoms with van der Waals surface area (Å²) < 4.78 is 3.10. The Morgan fingerprint density at radius 1 is 1.47 bits per heavy atom. The first kappa shape index (κ1) is 9.33. The predicted octanol–water partition coefficient (Wildman–Crippen LogP) is 2.91. The highest BCUT2D eigenvalue weighted by molar-refractivity contribution is 9.10. The summed E-state index contributed by atoms with van der Waals surface area (Å²) in [6, 6.07) is 4.22. The van der Waals surface area contributed by atoms with Crippen LogP contribution in [-0.4, -0.2) is 15.0 Å². The SMILES string of the molecule is Cc1ccc2c(nnn2CC2CC2)c1Br. The second kappa shape index (κ2) is 3.30.